The molecule has 160 valence electrons. The van der Waals surface area contributed by atoms with Gasteiger partial charge in [0.05, 0.1) is 50.4 Å². The van der Waals surface area contributed by atoms with Crippen LogP contribution in [0.5, 0.6) is 0 Å². The van der Waals surface area contributed by atoms with Gasteiger partial charge in [-0.2, -0.15) is 0 Å². The van der Waals surface area contributed by atoms with Gasteiger partial charge >= 0.3 is 5.97 Å². The third-order valence-corrected chi connectivity index (χ3v) is 5.38. The molecule has 1 saturated heterocycles. The van der Waals surface area contributed by atoms with Crippen LogP contribution in [0.25, 0.3) is 0 Å². The van der Waals surface area contributed by atoms with Crippen molar-refractivity contribution in [3.63, 3.8) is 0 Å². The zero-order valence-corrected chi connectivity index (χ0v) is 17.5. The van der Waals surface area contributed by atoms with Crippen LogP contribution in [0.2, 0.25) is 0 Å². The molecule has 3 heterocycles. The number of carbonyl (C=O) groups is 3. The van der Waals surface area contributed by atoms with Gasteiger partial charge in [0, 0.05) is 37.4 Å². The van der Waals surface area contributed by atoms with Gasteiger partial charge in [-0.1, -0.05) is 0 Å². The normalized spacial score (nSPS) is 17.0. The van der Waals surface area contributed by atoms with Gasteiger partial charge in [0.25, 0.3) is 0 Å². The second-order valence-electron chi connectivity index (χ2n) is 6.89. The number of ether oxygens (including phenoxy) is 2. The average Bonchev–Trinajstić information content (AvgIpc) is 3.21. The van der Waals surface area contributed by atoms with Crippen LogP contribution in [0.4, 0.5) is 0 Å². The van der Waals surface area contributed by atoms with Crippen LogP contribution < -0.4 is 0 Å². The first-order valence-electron chi connectivity index (χ1n) is 9.55. The number of nitrogens with zero attached hydrogens (tertiary/aromatic N) is 4. The van der Waals surface area contributed by atoms with Crippen molar-refractivity contribution in [2.24, 2.45) is 0 Å². The van der Waals surface area contributed by atoms with Crippen LogP contribution in [0, 0.1) is 0 Å². The number of hydrogen-bond donors (Lipinski definition) is 0. The zero-order chi connectivity index (χ0) is 21.3. The molecule has 0 bridgehead atoms. The molecule has 0 radical (unpaired) electrons. The van der Waals surface area contributed by atoms with Gasteiger partial charge in [0.2, 0.25) is 11.8 Å². The number of carbonyl (C=O) groups excluding carboxylic acids is 3. The van der Waals surface area contributed by atoms with Crippen molar-refractivity contribution in [2.45, 2.75) is 25.6 Å². The minimum absolute atomic E-state index is 0.0563. The summed E-state index contributed by atoms with van der Waals surface area (Å²) in [6.07, 6.45) is 3.20. The molecule has 0 N–H and O–H groups in total. The number of esters is 1. The van der Waals surface area contributed by atoms with Gasteiger partial charge in [-0.05, 0) is 17.7 Å². The minimum Gasteiger partial charge on any atom is -0.469 e. The molecule has 1 atom stereocenters. The van der Waals surface area contributed by atoms with Crippen molar-refractivity contribution in [3.05, 3.63) is 46.7 Å². The van der Waals surface area contributed by atoms with Gasteiger partial charge in [-0.25, -0.2) is 4.98 Å². The third kappa shape index (κ3) is 6.33. The molecule has 1 fully saturated rings. The van der Waals surface area contributed by atoms with E-state index in [1.165, 1.54) is 23.3 Å². The Labute approximate surface area is 178 Å². The summed E-state index contributed by atoms with van der Waals surface area (Å²) in [5, 5.41) is 1.82. The standard InChI is InChI=1S/C20H24N4O5S/c1-28-20(27)4-7-23-9-17(29-12-15-2-5-21-6-3-15)10-24(11-19(23)26)18(25)8-16-13-30-14-22-16/h2-3,5-6,13-14,17H,4,7-12H2,1H3/t17-/m1/s1. The predicted molar refractivity (Wildman–Crippen MR) is 108 cm³/mol. The van der Waals surface area contributed by atoms with E-state index in [9.17, 15) is 14.4 Å². The highest BCUT2D eigenvalue weighted by Crippen LogP contribution is 2.13. The Morgan fingerprint density at radius 3 is 2.77 bits per heavy atom. The van der Waals surface area contributed by atoms with Crippen molar-refractivity contribution < 1.29 is 23.9 Å². The van der Waals surface area contributed by atoms with Crippen molar-refractivity contribution in [2.75, 3.05) is 33.3 Å². The van der Waals surface area contributed by atoms with Crippen molar-refractivity contribution in [3.8, 4) is 0 Å². The number of rotatable bonds is 8. The summed E-state index contributed by atoms with van der Waals surface area (Å²) in [5.41, 5.74) is 3.30. The first-order valence-corrected chi connectivity index (χ1v) is 10.5. The van der Waals surface area contributed by atoms with Crippen LogP contribution in [0.15, 0.2) is 35.4 Å². The Morgan fingerprint density at radius 2 is 2.07 bits per heavy atom. The molecule has 0 aliphatic carbocycles. The lowest BCUT2D eigenvalue weighted by molar-refractivity contribution is -0.142. The number of aromatic nitrogens is 2. The van der Waals surface area contributed by atoms with Crippen molar-refractivity contribution in [1.82, 2.24) is 19.8 Å². The Balaban J connectivity index is 1.69. The summed E-state index contributed by atoms with van der Waals surface area (Å²) in [4.78, 5) is 48.3. The molecule has 10 heteroatoms. The Bertz CT molecular complexity index is 846. The molecule has 2 aromatic rings. The highest BCUT2D eigenvalue weighted by atomic mass is 32.1. The predicted octanol–water partition coefficient (Wildman–Crippen LogP) is 0.900. The number of pyridine rings is 1. The van der Waals surface area contributed by atoms with E-state index in [0.717, 1.165) is 5.56 Å². The SMILES string of the molecule is COC(=O)CCN1C[C@@H](OCc2ccncc2)CN(C(=O)Cc2cscn2)CC1=O. The average molecular weight is 433 g/mol. The maximum Gasteiger partial charge on any atom is 0.307 e. The van der Waals surface area contributed by atoms with E-state index in [4.69, 9.17) is 4.74 Å². The van der Waals surface area contributed by atoms with Gasteiger partial charge in [0.1, 0.15) is 0 Å². The smallest absolute Gasteiger partial charge is 0.307 e. The summed E-state index contributed by atoms with van der Waals surface area (Å²) < 4.78 is 10.7. The Kier molecular flexibility index (Phi) is 7.86. The quantitative estimate of drug-likeness (QED) is 0.571. The highest BCUT2D eigenvalue weighted by Gasteiger charge is 2.31. The van der Waals surface area contributed by atoms with Crippen LogP contribution in [0.1, 0.15) is 17.7 Å². The lowest BCUT2D eigenvalue weighted by Gasteiger charge is -2.24. The molecular formula is C20H24N4O5S. The summed E-state index contributed by atoms with van der Waals surface area (Å²) in [5.74, 6) is -0.792. The molecule has 1 aliphatic heterocycles. The molecular weight excluding hydrogens is 408 g/mol. The van der Waals surface area contributed by atoms with Gasteiger partial charge in [-0.15, -0.1) is 11.3 Å². The highest BCUT2D eigenvalue weighted by molar-refractivity contribution is 7.07. The molecule has 0 unspecified atom stereocenters. The number of hydrogen-bond acceptors (Lipinski definition) is 8. The monoisotopic (exact) mass is 432 g/mol. The molecule has 30 heavy (non-hydrogen) atoms. The Morgan fingerprint density at radius 1 is 1.27 bits per heavy atom. The lowest BCUT2D eigenvalue weighted by atomic mass is 10.2. The largest absolute Gasteiger partial charge is 0.469 e. The second kappa shape index (κ2) is 10.8. The van der Waals surface area contributed by atoms with Crippen LogP contribution in [-0.4, -0.2) is 76.9 Å². The van der Waals surface area contributed by atoms with Crippen LogP contribution >= 0.6 is 11.3 Å². The fourth-order valence-corrected chi connectivity index (χ4v) is 3.66. The van der Waals surface area contributed by atoms with E-state index in [2.05, 4.69) is 14.7 Å². The fourth-order valence-electron chi connectivity index (χ4n) is 3.10. The zero-order valence-electron chi connectivity index (χ0n) is 16.7. The van der Waals surface area contributed by atoms with Crippen molar-refractivity contribution in [1.29, 1.82) is 0 Å². The molecule has 1 aliphatic rings. The first kappa shape index (κ1) is 21.8. The Hall–Kier alpha value is -2.85. The lowest BCUT2D eigenvalue weighted by Crippen LogP contribution is -2.40. The third-order valence-electron chi connectivity index (χ3n) is 4.74. The molecule has 0 saturated carbocycles. The van der Waals surface area contributed by atoms with E-state index in [0.29, 0.717) is 18.8 Å². The number of thiazole rings is 1. The van der Waals surface area contributed by atoms with Crippen molar-refractivity contribution >= 4 is 29.1 Å². The summed E-state index contributed by atoms with van der Waals surface area (Å²) in [7, 11) is 1.31. The van der Waals surface area contributed by atoms with E-state index >= 15 is 0 Å². The van der Waals surface area contributed by atoms with E-state index in [1.54, 1.807) is 22.8 Å². The topological polar surface area (TPSA) is 102 Å². The molecule has 2 amide bonds. The minimum atomic E-state index is -0.391. The van der Waals surface area contributed by atoms with Crippen LogP contribution in [0.3, 0.4) is 0 Å². The maximum atomic E-state index is 12.8. The summed E-state index contributed by atoms with van der Waals surface area (Å²) in [6.45, 7) is 1.07. The van der Waals surface area contributed by atoms with E-state index < -0.39 is 5.97 Å². The molecule has 0 aromatic carbocycles. The molecule has 3 rings (SSSR count). The molecule has 9 nitrogen and oxygen atoms in total. The summed E-state index contributed by atoms with van der Waals surface area (Å²) in [6, 6.07) is 3.70. The summed E-state index contributed by atoms with van der Waals surface area (Å²) >= 11 is 1.42. The second-order valence-corrected chi connectivity index (χ2v) is 7.60. The molecule has 2 aromatic heterocycles. The molecule has 0 spiro atoms. The van der Waals surface area contributed by atoms with E-state index in [-0.39, 0.29) is 50.4 Å². The first-order chi connectivity index (χ1) is 14.5. The fraction of sp³-hybridized carbons (Fsp3) is 0.450. The van der Waals surface area contributed by atoms with E-state index in [1.807, 2.05) is 17.5 Å². The van der Waals surface area contributed by atoms with Crippen LogP contribution in [-0.2, 0) is 36.9 Å². The maximum absolute atomic E-state index is 12.8. The van der Waals surface area contributed by atoms with Gasteiger partial charge in [-0.3, -0.25) is 19.4 Å². The van der Waals surface area contributed by atoms with Gasteiger partial charge in [0.15, 0.2) is 0 Å². The van der Waals surface area contributed by atoms with Gasteiger partial charge < -0.3 is 19.3 Å². The number of methoxy groups -OCH3 is 1. The number of amides is 2.